The molecule has 52 nitrogen and oxygen atoms in total. The van der Waals surface area contributed by atoms with E-state index in [4.69, 9.17) is 49.1 Å². The van der Waals surface area contributed by atoms with Crippen LogP contribution in [-0.4, -0.2) is 210 Å². The number of ether oxygens (including phenoxy) is 1. The normalized spacial score (nSPS) is 13.9. The van der Waals surface area contributed by atoms with E-state index in [1.54, 1.807) is 6.08 Å². The Morgan fingerprint density at radius 2 is 1.07 bits per heavy atom. The number of fused-ring (bicyclic) bond motifs is 4. The van der Waals surface area contributed by atoms with Crippen LogP contribution in [0.3, 0.4) is 0 Å². The summed E-state index contributed by atoms with van der Waals surface area (Å²) >= 11 is 11.8. The van der Waals surface area contributed by atoms with Gasteiger partial charge in [0.25, 0.3) is 0 Å². The summed E-state index contributed by atoms with van der Waals surface area (Å²) in [6, 6.07) is 17.8. The molecule has 2 aliphatic carbocycles. The minimum Gasteiger partial charge on any atom is -0.744 e. The van der Waals surface area contributed by atoms with E-state index in [-0.39, 0.29) is 417 Å². The number of sulfone groups is 3. The van der Waals surface area contributed by atoms with Gasteiger partial charge in [0.1, 0.15) is 57.0 Å². The zero-order valence-corrected chi connectivity index (χ0v) is 98.9. The predicted molar refractivity (Wildman–Crippen MR) is 451 cm³/mol. The maximum absolute atomic E-state index is 13.9. The summed E-state index contributed by atoms with van der Waals surface area (Å²) in [5.41, 5.74) is -1.66. The zero-order valence-electron chi connectivity index (χ0n) is 75.3. The average Bonchev–Trinajstić information content (AvgIpc) is 1.61. The standard InChI is InChI=1S/C36H34N8O20S6.C34H40Cl2N6O18S4.7Na/c1-21-33(35(45)43(41-21)25-5-9-27(10-6-25)67(49,50)17-15-59-65-63-61-47)39-37-23-3-13-29(31(19-23)69(53,54)55)30-14-4-24(20-32(30)70(56,57)58)38-40-34-22(2)42-44(36(34)46)26-7-11-28(12-8-26)68(51,52)18-16-60-66-64-62-48;1-2-3-22(43)39-13-11-38-21-7-5-19-30(34(21)63(49,50)17-16-54-61-60-59-47)58-32-26(36)27-31(25(35)28(32)42-19)57-29-18(41-27)4-6-20(37-10-12-40-23(44)8-9-24(45)46)33(29)62(48)55-14-15-56-64(51,52)53;;;;;;;/h3-14,19-20,45-48H,15-18H2,1-2H3,(H,53,54,55)(H,56,57,58);4-7,18,29,37,41,47H,2-3,8-17H2,1H3,(H,39,43)(H,40,44)(H,45,46)(H,51,52,53);;;;;;;/q;;7*+1/p-7. The molecule has 7 aromatic rings. The maximum atomic E-state index is 13.9. The van der Waals surface area contributed by atoms with Crippen molar-refractivity contribution in [2.75, 3.05) is 81.8 Å². The second-order valence-corrected chi connectivity index (χ2v) is 40.2. The molecule has 0 radical (unpaired) electrons. The number of hydrogen-bond acceptors (Lipinski definition) is 51. The summed E-state index contributed by atoms with van der Waals surface area (Å²) < 4.78 is 251. The number of carbonyl (C=O) groups excluding carboxylic acids is 3. The molecule has 726 valence electrons. The van der Waals surface area contributed by atoms with Gasteiger partial charge in [-0.2, -0.15) is 29.8 Å². The van der Waals surface area contributed by atoms with Gasteiger partial charge in [-0.3, -0.25) is 50.6 Å². The van der Waals surface area contributed by atoms with E-state index in [9.17, 15) is 114 Å². The van der Waals surface area contributed by atoms with Crippen LogP contribution >= 0.6 is 60.2 Å². The van der Waals surface area contributed by atoms with Gasteiger partial charge < -0.3 is 80.0 Å². The Labute approximate surface area is 982 Å². The fraction of sp³-hybridized carbons (Fsp3) is 0.300. The van der Waals surface area contributed by atoms with Crippen LogP contribution in [0.15, 0.2) is 174 Å². The molecule has 2 amide bonds. The zero-order chi connectivity index (χ0) is 97.6. The van der Waals surface area contributed by atoms with Crippen LogP contribution < -0.4 is 259 Å². The first-order valence-corrected chi connectivity index (χ1v) is 50.5. The number of aliphatic carboxylic acids is 1. The monoisotopic (exact) mass is 2260 g/mol. The first-order chi connectivity index (χ1) is 63.5. The Kier molecular flexibility index (Phi) is 57.7. The van der Waals surface area contributed by atoms with Crippen molar-refractivity contribution in [3.05, 3.63) is 147 Å². The molecule has 2 aromatic heterocycles. The van der Waals surface area contributed by atoms with Crippen molar-refractivity contribution in [2.45, 2.75) is 83.1 Å². The van der Waals surface area contributed by atoms with E-state index in [1.165, 1.54) is 80.6 Å². The second-order valence-electron chi connectivity index (χ2n) is 26.8. The number of carbonyl (C=O) groups is 3. The molecule has 0 bridgehead atoms. The largest absolute Gasteiger partial charge is 1.00 e. The molecule has 3 atom stereocenters. The first kappa shape index (κ1) is 132. The molecule has 4 aliphatic rings. The van der Waals surface area contributed by atoms with Gasteiger partial charge in [-0.25, -0.2) is 59.7 Å². The number of allylic oxidation sites excluding steroid dienone is 1. The molecule has 11 rings (SSSR count). The summed E-state index contributed by atoms with van der Waals surface area (Å²) in [7, 11) is -28.0. The van der Waals surface area contributed by atoms with Crippen molar-refractivity contribution < 1.29 is 379 Å². The van der Waals surface area contributed by atoms with Crippen LogP contribution in [0.25, 0.3) is 45.1 Å². The fourth-order valence-electron chi connectivity index (χ4n) is 12.1. The molecule has 0 saturated heterocycles. The molecular weight excluding hydrogens is 2200 g/mol. The van der Waals surface area contributed by atoms with Gasteiger partial charge in [0.05, 0.1) is 128 Å². The number of rotatable bonds is 48. The molecule has 71 heteroatoms. The number of aromatic hydroxyl groups is 2. The summed E-state index contributed by atoms with van der Waals surface area (Å²) in [5.74, 6) is -5.39. The van der Waals surface area contributed by atoms with Crippen molar-refractivity contribution in [1.82, 2.24) is 40.5 Å². The van der Waals surface area contributed by atoms with Crippen molar-refractivity contribution in [3.8, 4) is 51.5 Å². The van der Waals surface area contributed by atoms with Crippen LogP contribution in [0.1, 0.15) is 44.0 Å². The van der Waals surface area contributed by atoms with Gasteiger partial charge in [-0.15, -0.1) is 23.2 Å². The Morgan fingerprint density at radius 3 is 1.53 bits per heavy atom. The van der Waals surface area contributed by atoms with Gasteiger partial charge in [0.15, 0.2) is 112 Å². The minimum atomic E-state index is -5.44. The molecule has 5 aromatic carbocycles. The van der Waals surface area contributed by atoms with Gasteiger partial charge in [0.2, 0.25) is 34.0 Å². The van der Waals surface area contributed by atoms with Crippen LogP contribution in [-0.2, 0) is 135 Å². The molecule has 4 heterocycles. The number of benzene rings is 6. The van der Waals surface area contributed by atoms with Gasteiger partial charge in [-0.05, 0) is 118 Å². The number of carboxylic acid groups (broad SMARTS) is 1. The van der Waals surface area contributed by atoms with Crippen molar-refractivity contribution in [2.24, 2.45) is 25.4 Å². The second kappa shape index (κ2) is 61.5. The van der Waals surface area contributed by atoms with E-state index in [0.29, 0.717) is 6.42 Å². The third-order valence-corrected chi connectivity index (χ3v) is 28.3. The number of azo groups is 2. The van der Waals surface area contributed by atoms with Gasteiger partial charge in [0, 0.05) is 49.6 Å². The number of carboxylic acids is 1. The Bertz CT molecular complexity index is 6570. The van der Waals surface area contributed by atoms with Crippen LogP contribution in [0.2, 0.25) is 10.0 Å². The molecule has 3 unspecified atom stereocenters. The van der Waals surface area contributed by atoms with Crippen LogP contribution in [0.5, 0.6) is 17.5 Å². The molecule has 2 aliphatic heterocycles. The van der Waals surface area contributed by atoms with Gasteiger partial charge >= 0.3 is 207 Å². The first-order valence-electron chi connectivity index (χ1n) is 37.5. The minimum absolute atomic E-state index is 0. The summed E-state index contributed by atoms with van der Waals surface area (Å²) in [5, 5.41) is 107. The SMILES string of the molecule is CCCC(=O)NCCN=c1ccc2nc3c(Cl)c4c(c(Cl)c3oc-2c1S(=O)(=O)CCOSOO[O-])NC1C=CC(NCCNC(=O)CCC(=O)[O-])=C(S(=O)OCCOS(=O)(=O)[O-])C1O4.Cc1nn(-c2ccc(S(=O)(=O)CCOSOO[O-])cc2)c(O)c1N=Nc1ccc(-c2ccc(N=Nc3c(C)nn(-c4ccc(S(=O)(=O)CCOSOO[O-])cc4)c3O)cc2S(=O)(=O)[O-])c(S(=O)(=O)[O-])c1.[Na+].[Na+].[Na+].[Na+].[Na+].[Na+].[Na+]. The van der Waals surface area contributed by atoms with Crippen molar-refractivity contribution in [1.29, 1.82) is 0 Å². The summed E-state index contributed by atoms with van der Waals surface area (Å²) in [4.78, 5) is 41.0. The fourth-order valence-corrected chi connectivity index (χ4v) is 19.9. The van der Waals surface area contributed by atoms with E-state index >= 15 is 0 Å². The summed E-state index contributed by atoms with van der Waals surface area (Å²) in [6.45, 7) is 2.18. The van der Waals surface area contributed by atoms with Crippen molar-refractivity contribution in [3.63, 3.8) is 0 Å². The molecule has 6 N–H and O–H groups in total. The smallest absolute Gasteiger partial charge is 0.744 e. The molecular formula is C70H67Cl2N14Na7O38S10. The molecule has 0 spiro atoms. The number of anilines is 1. The number of halogens is 2. The number of nitrogens with one attached hydrogen (secondary N) is 4. The Balaban J connectivity index is 0.000000693. The van der Waals surface area contributed by atoms with E-state index in [0.717, 1.165) is 45.8 Å². The quantitative estimate of drug-likeness (QED) is 0.00237. The maximum Gasteiger partial charge on any atom is 1.00 e. The van der Waals surface area contributed by atoms with E-state index < -0.39 is 176 Å². The molecule has 141 heavy (non-hydrogen) atoms. The third kappa shape index (κ3) is 37.2. The number of aromatic nitrogens is 5. The Morgan fingerprint density at radius 1 is 0.596 bits per heavy atom. The molecule has 0 saturated carbocycles. The van der Waals surface area contributed by atoms with Gasteiger partial charge in [-0.1, -0.05) is 48.3 Å². The summed E-state index contributed by atoms with van der Waals surface area (Å²) in [6.07, 6.45) is 1.97. The number of hydrogen-bond donors (Lipinski definition) is 6. The number of amides is 2. The van der Waals surface area contributed by atoms with Crippen molar-refractivity contribution >= 4 is 189 Å². The topological polar surface area (TPSA) is 757 Å². The average molecular weight is 2260 g/mol. The van der Waals surface area contributed by atoms with Crippen LogP contribution in [0, 0.1) is 13.8 Å². The Hall–Kier alpha value is -2.97. The predicted octanol–water partition coefficient (Wildman–Crippen LogP) is -18.1. The van der Waals surface area contributed by atoms with E-state index in [2.05, 4.69) is 94.2 Å². The third-order valence-electron chi connectivity index (χ3n) is 18.0. The number of nitrogens with zero attached hydrogens (tertiary/aromatic N) is 10. The molecule has 0 fully saturated rings. The van der Waals surface area contributed by atoms with E-state index in [1.807, 2.05) is 6.92 Å². The number of aryl methyl sites for hydroxylation is 2. The van der Waals surface area contributed by atoms with Crippen LogP contribution in [0.4, 0.5) is 28.4 Å².